The number of carbonyl (C=O) groups is 2. The Kier molecular flexibility index (Phi) is 9.01. The zero-order valence-electron chi connectivity index (χ0n) is 21.7. The fraction of sp³-hybridized carbons (Fsp3) is 0.200. The predicted molar refractivity (Wildman–Crippen MR) is 154 cm³/mol. The van der Waals surface area contributed by atoms with E-state index in [-0.39, 0.29) is 23.8 Å². The van der Waals surface area contributed by atoms with Crippen molar-refractivity contribution in [1.82, 2.24) is 14.5 Å². The van der Waals surface area contributed by atoms with Gasteiger partial charge in [0.1, 0.15) is 6.04 Å². The lowest BCUT2D eigenvalue weighted by Crippen LogP contribution is -2.52. The van der Waals surface area contributed by atoms with Crippen LogP contribution in [0.1, 0.15) is 11.1 Å². The first-order valence-corrected chi connectivity index (χ1v) is 14.3. The van der Waals surface area contributed by atoms with Crippen molar-refractivity contribution in [2.75, 3.05) is 20.6 Å². The quantitative estimate of drug-likeness (QED) is 0.308. The minimum atomic E-state index is -3.98. The van der Waals surface area contributed by atoms with E-state index in [0.717, 1.165) is 26.2 Å². The topological polar surface area (TPSA) is 86.8 Å². The zero-order chi connectivity index (χ0) is 28.0. The highest BCUT2D eigenvalue weighted by Gasteiger charge is 2.32. The molecule has 0 saturated heterocycles. The number of halogens is 1. The SMILES string of the molecule is CNC(=O)[C@@H](Cc1ccccc1)N(Cc1cccc(Cl)c1)C(=O)CN(C)S(=O)(=O)c1ccc2ccccc2c1. The van der Waals surface area contributed by atoms with Crippen molar-refractivity contribution in [2.24, 2.45) is 0 Å². The number of benzene rings is 4. The molecule has 1 atom stereocenters. The fourth-order valence-electron chi connectivity index (χ4n) is 4.43. The van der Waals surface area contributed by atoms with Gasteiger partial charge in [0, 0.05) is 32.1 Å². The average Bonchev–Trinajstić information content (AvgIpc) is 2.94. The van der Waals surface area contributed by atoms with Gasteiger partial charge in [0.15, 0.2) is 0 Å². The number of carbonyl (C=O) groups excluding carboxylic acids is 2. The van der Waals surface area contributed by atoms with E-state index in [1.165, 1.54) is 25.1 Å². The summed E-state index contributed by atoms with van der Waals surface area (Å²) >= 11 is 6.19. The molecule has 39 heavy (non-hydrogen) atoms. The third-order valence-electron chi connectivity index (χ3n) is 6.55. The van der Waals surface area contributed by atoms with Gasteiger partial charge in [0.2, 0.25) is 21.8 Å². The molecule has 4 rings (SSSR count). The molecule has 0 aromatic heterocycles. The summed E-state index contributed by atoms with van der Waals surface area (Å²) in [6, 6.07) is 27.8. The second-order valence-corrected chi connectivity index (χ2v) is 11.7. The maximum Gasteiger partial charge on any atom is 0.243 e. The molecule has 202 valence electrons. The highest BCUT2D eigenvalue weighted by atomic mass is 35.5. The van der Waals surface area contributed by atoms with Gasteiger partial charge in [-0.25, -0.2) is 8.42 Å². The summed E-state index contributed by atoms with van der Waals surface area (Å²) in [7, 11) is -1.11. The zero-order valence-corrected chi connectivity index (χ0v) is 23.3. The number of rotatable bonds is 10. The van der Waals surface area contributed by atoms with Gasteiger partial charge in [-0.05, 0) is 46.2 Å². The Balaban J connectivity index is 1.65. The van der Waals surface area contributed by atoms with Crippen LogP contribution in [0.3, 0.4) is 0 Å². The second kappa shape index (κ2) is 12.4. The van der Waals surface area contributed by atoms with Crippen LogP contribution < -0.4 is 5.32 Å². The maximum atomic E-state index is 13.8. The third kappa shape index (κ3) is 6.84. The smallest absolute Gasteiger partial charge is 0.243 e. The Morgan fingerprint density at radius 2 is 1.51 bits per heavy atom. The molecule has 9 heteroatoms. The van der Waals surface area contributed by atoms with Crippen LogP contribution >= 0.6 is 11.6 Å². The molecule has 4 aromatic rings. The van der Waals surface area contributed by atoms with Gasteiger partial charge in [-0.2, -0.15) is 4.31 Å². The largest absolute Gasteiger partial charge is 0.357 e. The first kappa shape index (κ1) is 28.3. The molecule has 0 aliphatic heterocycles. The molecular weight excluding hydrogens is 534 g/mol. The number of sulfonamides is 1. The van der Waals surface area contributed by atoms with E-state index in [1.54, 1.807) is 30.3 Å². The molecule has 7 nitrogen and oxygen atoms in total. The first-order chi connectivity index (χ1) is 18.7. The summed E-state index contributed by atoms with van der Waals surface area (Å²) in [5.74, 6) is -0.861. The van der Waals surface area contributed by atoms with Crippen LogP contribution in [-0.2, 0) is 32.6 Å². The van der Waals surface area contributed by atoms with E-state index >= 15 is 0 Å². The van der Waals surface area contributed by atoms with Gasteiger partial charge < -0.3 is 10.2 Å². The number of nitrogens with one attached hydrogen (secondary N) is 1. The van der Waals surface area contributed by atoms with Crippen LogP contribution in [0.4, 0.5) is 0 Å². The van der Waals surface area contributed by atoms with Crippen LogP contribution in [-0.4, -0.2) is 56.1 Å². The van der Waals surface area contributed by atoms with Gasteiger partial charge in [-0.3, -0.25) is 9.59 Å². The number of fused-ring (bicyclic) bond motifs is 1. The van der Waals surface area contributed by atoms with Crippen LogP contribution in [0, 0.1) is 0 Å². The Morgan fingerprint density at radius 3 is 2.21 bits per heavy atom. The van der Waals surface area contributed by atoms with Gasteiger partial charge in [-0.1, -0.05) is 84.4 Å². The van der Waals surface area contributed by atoms with Crippen molar-refractivity contribution in [1.29, 1.82) is 0 Å². The molecule has 4 aromatic carbocycles. The lowest BCUT2D eigenvalue weighted by atomic mass is 10.0. The fourth-order valence-corrected chi connectivity index (χ4v) is 5.80. The molecule has 0 saturated carbocycles. The van der Waals surface area contributed by atoms with Gasteiger partial charge in [0.05, 0.1) is 11.4 Å². The predicted octanol–water partition coefficient (Wildman–Crippen LogP) is 4.50. The highest BCUT2D eigenvalue weighted by molar-refractivity contribution is 7.89. The van der Waals surface area contributed by atoms with E-state index in [9.17, 15) is 18.0 Å². The van der Waals surface area contributed by atoms with Crippen LogP contribution in [0.25, 0.3) is 10.8 Å². The maximum absolute atomic E-state index is 13.8. The Hall–Kier alpha value is -3.72. The Bertz CT molecular complexity index is 1580. The molecular formula is C30H30ClN3O4S. The standard InChI is InChI=1S/C30H30ClN3O4S/c1-32-30(36)28(18-22-9-4-3-5-10-22)34(20-23-11-8-14-26(31)17-23)29(35)21-33(2)39(37,38)27-16-15-24-12-6-7-13-25(24)19-27/h3-17,19,28H,18,20-21H2,1-2H3,(H,32,36)/t28-/m1/s1. The monoisotopic (exact) mass is 563 g/mol. The van der Waals surface area contributed by atoms with Crippen molar-refractivity contribution >= 4 is 44.2 Å². The van der Waals surface area contributed by atoms with E-state index in [4.69, 9.17) is 11.6 Å². The lowest BCUT2D eigenvalue weighted by molar-refractivity contribution is -0.141. The van der Waals surface area contributed by atoms with Crippen molar-refractivity contribution in [3.63, 3.8) is 0 Å². The van der Waals surface area contributed by atoms with Gasteiger partial charge >= 0.3 is 0 Å². The molecule has 0 aliphatic carbocycles. The van der Waals surface area contributed by atoms with E-state index in [0.29, 0.717) is 5.02 Å². The molecule has 0 bridgehead atoms. The van der Waals surface area contributed by atoms with Gasteiger partial charge in [-0.15, -0.1) is 0 Å². The Morgan fingerprint density at radius 1 is 0.846 bits per heavy atom. The van der Waals surface area contributed by atoms with Crippen molar-refractivity contribution in [3.8, 4) is 0 Å². The molecule has 0 aliphatic rings. The minimum absolute atomic E-state index is 0.0776. The first-order valence-electron chi connectivity index (χ1n) is 12.4. The number of likely N-dealkylation sites (N-methyl/N-ethyl adjacent to an activating group) is 2. The van der Waals surface area contributed by atoms with Crippen molar-refractivity contribution < 1.29 is 18.0 Å². The summed E-state index contributed by atoms with van der Waals surface area (Å²) in [5, 5.41) is 4.84. The summed E-state index contributed by atoms with van der Waals surface area (Å²) < 4.78 is 27.9. The summed E-state index contributed by atoms with van der Waals surface area (Å²) in [6.07, 6.45) is 0.258. The van der Waals surface area contributed by atoms with Crippen molar-refractivity contribution in [2.45, 2.75) is 23.9 Å². The number of hydrogen-bond acceptors (Lipinski definition) is 4. The number of amides is 2. The minimum Gasteiger partial charge on any atom is -0.357 e. The van der Waals surface area contributed by atoms with Gasteiger partial charge in [0.25, 0.3) is 0 Å². The lowest BCUT2D eigenvalue weighted by Gasteiger charge is -2.32. The number of hydrogen-bond donors (Lipinski definition) is 1. The number of nitrogens with zero attached hydrogens (tertiary/aromatic N) is 2. The molecule has 0 fully saturated rings. The van der Waals surface area contributed by atoms with Crippen LogP contribution in [0.15, 0.2) is 102 Å². The highest BCUT2D eigenvalue weighted by Crippen LogP contribution is 2.22. The van der Waals surface area contributed by atoms with Crippen LogP contribution in [0.2, 0.25) is 5.02 Å². The summed E-state index contributed by atoms with van der Waals surface area (Å²) in [5.41, 5.74) is 1.59. The van der Waals surface area contributed by atoms with E-state index in [1.807, 2.05) is 60.7 Å². The summed E-state index contributed by atoms with van der Waals surface area (Å²) in [6.45, 7) is -0.369. The molecule has 2 amide bonds. The molecule has 0 heterocycles. The molecule has 0 spiro atoms. The molecule has 0 unspecified atom stereocenters. The average molecular weight is 564 g/mol. The van der Waals surface area contributed by atoms with Crippen LogP contribution in [0.5, 0.6) is 0 Å². The second-order valence-electron chi connectivity index (χ2n) is 9.24. The third-order valence-corrected chi connectivity index (χ3v) is 8.58. The summed E-state index contributed by atoms with van der Waals surface area (Å²) in [4.78, 5) is 28.4. The normalized spacial score (nSPS) is 12.3. The molecule has 0 radical (unpaired) electrons. The van der Waals surface area contributed by atoms with Crippen molar-refractivity contribution in [3.05, 3.63) is 113 Å². The van der Waals surface area contributed by atoms with E-state index < -0.39 is 28.5 Å². The van der Waals surface area contributed by atoms with E-state index in [2.05, 4.69) is 5.32 Å². The molecule has 1 N–H and O–H groups in total. The Labute approximate surface area is 234 Å².